The predicted molar refractivity (Wildman–Crippen MR) is 172 cm³/mol. The molecule has 0 radical (unpaired) electrons. The van der Waals surface area contributed by atoms with Crippen LogP contribution in [0.3, 0.4) is 0 Å². The molecule has 2 heterocycles. The van der Waals surface area contributed by atoms with Gasteiger partial charge in [0.25, 0.3) is 11.6 Å². The number of methoxy groups -OCH3 is 1. The quantitative estimate of drug-likeness (QED) is 0.0883. The van der Waals surface area contributed by atoms with E-state index in [0.717, 1.165) is 46.6 Å². The smallest absolute Gasteiger partial charge is 0.269 e. The van der Waals surface area contributed by atoms with Crippen LogP contribution in [0.2, 0.25) is 0 Å². The molecule has 0 N–H and O–H groups in total. The van der Waals surface area contributed by atoms with Crippen LogP contribution >= 0.6 is 11.8 Å². The Kier molecular flexibility index (Phi) is 10.5. The highest BCUT2D eigenvalue weighted by molar-refractivity contribution is 7.99. The average molecular weight is 629 g/mol. The van der Waals surface area contributed by atoms with E-state index in [-0.39, 0.29) is 23.5 Å². The lowest BCUT2D eigenvalue weighted by molar-refractivity contribution is -0.384. The highest BCUT2D eigenvalue weighted by Gasteiger charge is 2.30. The van der Waals surface area contributed by atoms with E-state index >= 15 is 0 Å². The summed E-state index contributed by atoms with van der Waals surface area (Å²) in [6, 6.07) is 23.5. The summed E-state index contributed by atoms with van der Waals surface area (Å²) in [4.78, 5) is 40.0. The molecular weight excluding hydrogens is 592 g/mol. The molecule has 1 saturated heterocycles. The number of nitrogens with zero attached hydrogens (tertiary/aromatic N) is 6. The minimum atomic E-state index is -0.489. The number of benzene rings is 3. The van der Waals surface area contributed by atoms with Gasteiger partial charge in [-0.2, -0.15) is 0 Å². The molecule has 2 amide bonds. The zero-order valence-electron chi connectivity index (χ0n) is 25.4. The van der Waals surface area contributed by atoms with Crippen molar-refractivity contribution in [1.29, 1.82) is 0 Å². The molecule has 12 heteroatoms. The first-order chi connectivity index (χ1) is 21.8. The molecule has 11 nitrogen and oxygen atoms in total. The van der Waals surface area contributed by atoms with Gasteiger partial charge in [0.2, 0.25) is 5.91 Å². The van der Waals surface area contributed by atoms with E-state index in [1.54, 1.807) is 23.8 Å². The third kappa shape index (κ3) is 7.88. The average Bonchev–Trinajstić information content (AvgIpc) is 3.46. The van der Waals surface area contributed by atoms with Crippen molar-refractivity contribution < 1.29 is 19.2 Å². The SMILES string of the molecule is COc1ccc(-n2c(Cc3ccccc3)nnc2SCCCCC(=O)N2CCN(C(=O)c3ccc([N+](=O)[O-])cc3)C(C)C2)cc1. The standard InChI is InChI=1S/C33H36N6O5S/c1-24-23-36(19-20-37(24)32(41)26-11-13-28(14-12-26)39(42)43)31(40)10-6-7-21-45-33-35-34-30(22-25-8-4-3-5-9-25)38(33)27-15-17-29(44-2)18-16-27/h3-5,8-9,11-18,24H,6-7,10,19-23H2,1-2H3. The number of unbranched alkanes of at least 4 members (excludes halogenated alkanes) is 1. The van der Waals surface area contributed by atoms with Gasteiger partial charge in [-0.1, -0.05) is 42.1 Å². The van der Waals surface area contributed by atoms with Crippen LogP contribution in [0.5, 0.6) is 5.75 Å². The lowest BCUT2D eigenvalue weighted by Crippen LogP contribution is -2.55. The number of carbonyl (C=O) groups is 2. The van der Waals surface area contributed by atoms with Crippen molar-refractivity contribution in [1.82, 2.24) is 24.6 Å². The highest BCUT2D eigenvalue weighted by Crippen LogP contribution is 2.26. The second-order valence-electron chi connectivity index (χ2n) is 10.9. The molecule has 1 aliphatic rings. The summed E-state index contributed by atoms with van der Waals surface area (Å²) in [5.74, 6) is 2.32. The summed E-state index contributed by atoms with van der Waals surface area (Å²) >= 11 is 1.63. The van der Waals surface area contributed by atoms with E-state index < -0.39 is 4.92 Å². The topological polar surface area (TPSA) is 124 Å². The van der Waals surface area contributed by atoms with Gasteiger partial charge in [-0.3, -0.25) is 24.3 Å². The van der Waals surface area contributed by atoms with E-state index in [2.05, 4.69) is 26.9 Å². The number of carbonyl (C=O) groups excluding carboxylic acids is 2. The van der Waals surface area contributed by atoms with Crippen LogP contribution in [0.15, 0.2) is 84.0 Å². The van der Waals surface area contributed by atoms with Gasteiger partial charge >= 0.3 is 0 Å². The Morgan fingerprint density at radius 2 is 1.71 bits per heavy atom. The minimum Gasteiger partial charge on any atom is -0.497 e. The Morgan fingerprint density at radius 1 is 0.978 bits per heavy atom. The Labute approximate surface area is 266 Å². The summed E-state index contributed by atoms with van der Waals surface area (Å²) in [6.07, 6.45) is 2.68. The Bertz CT molecular complexity index is 1610. The molecule has 4 aromatic rings. The molecule has 0 aliphatic carbocycles. The number of piperazine rings is 1. The molecule has 1 atom stereocenters. The Morgan fingerprint density at radius 3 is 2.38 bits per heavy atom. The van der Waals surface area contributed by atoms with E-state index in [4.69, 9.17) is 4.74 Å². The first kappa shape index (κ1) is 31.7. The molecular formula is C33H36N6O5S. The molecule has 1 unspecified atom stereocenters. The van der Waals surface area contributed by atoms with Gasteiger partial charge in [0.15, 0.2) is 5.16 Å². The number of thioether (sulfide) groups is 1. The first-order valence-electron chi connectivity index (χ1n) is 14.9. The van der Waals surface area contributed by atoms with Crippen molar-refractivity contribution in [2.75, 3.05) is 32.5 Å². The van der Waals surface area contributed by atoms with Crippen molar-refractivity contribution in [3.8, 4) is 11.4 Å². The molecule has 0 bridgehead atoms. The summed E-state index contributed by atoms with van der Waals surface area (Å²) < 4.78 is 7.42. The van der Waals surface area contributed by atoms with Gasteiger partial charge in [-0.25, -0.2) is 0 Å². The van der Waals surface area contributed by atoms with Gasteiger partial charge in [-0.15, -0.1) is 10.2 Å². The second-order valence-corrected chi connectivity index (χ2v) is 12.0. The van der Waals surface area contributed by atoms with Gasteiger partial charge < -0.3 is 14.5 Å². The fourth-order valence-corrected chi connectivity index (χ4v) is 6.32. The van der Waals surface area contributed by atoms with Crippen molar-refractivity contribution in [2.24, 2.45) is 0 Å². The van der Waals surface area contributed by atoms with E-state index in [1.807, 2.05) is 54.3 Å². The normalized spacial score (nSPS) is 14.8. The molecule has 1 aliphatic heterocycles. The molecule has 1 fully saturated rings. The number of rotatable bonds is 12. The number of hydrogen-bond donors (Lipinski definition) is 0. The Balaban J connectivity index is 1.12. The molecule has 5 rings (SSSR count). The van der Waals surface area contributed by atoms with Crippen LogP contribution in [-0.4, -0.2) is 79.8 Å². The number of aromatic nitrogens is 3. The molecule has 0 spiro atoms. The van der Waals surface area contributed by atoms with Gasteiger partial charge in [0, 0.05) is 67.7 Å². The van der Waals surface area contributed by atoms with Crippen LogP contribution in [0.4, 0.5) is 5.69 Å². The summed E-state index contributed by atoms with van der Waals surface area (Å²) in [5.41, 5.74) is 2.46. The summed E-state index contributed by atoms with van der Waals surface area (Å²) in [7, 11) is 1.65. The lowest BCUT2D eigenvalue weighted by Gasteiger charge is -2.40. The molecule has 1 aromatic heterocycles. The van der Waals surface area contributed by atoms with E-state index in [0.29, 0.717) is 38.0 Å². The zero-order chi connectivity index (χ0) is 31.8. The van der Waals surface area contributed by atoms with Crippen molar-refractivity contribution in [3.05, 3.63) is 106 Å². The maximum atomic E-state index is 13.0. The fraction of sp³-hybridized carbons (Fsp3) is 0.333. The largest absolute Gasteiger partial charge is 0.497 e. The van der Waals surface area contributed by atoms with Crippen LogP contribution in [-0.2, 0) is 11.2 Å². The third-order valence-corrected chi connectivity index (χ3v) is 8.83. The van der Waals surface area contributed by atoms with Crippen LogP contribution < -0.4 is 4.74 Å². The number of amides is 2. The third-order valence-electron chi connectivity index (χ3n) is 7.82. The van der Waals surface area contributed by atoms with Gasteiger partial charge in [0.1, 0.15) is 11.6 Å². The number of non-ortho nitro benzene ring substituents is 1. The van der Waals surface area contributed by atoms with Gasteiger partial charge in [0.05, 0.1) is 12.0 Å². The maximum absolute atomic E-state index is 13.0. The molecule has 45 heavy (non-hydrogen) atoms. The minimum absolute atomic E-state index is 0.0552. The molecule has 0 saturated carbocycles. The predicted octanol–water partition coefficient (Wildman–Crippen LogP) is 5.41. The number of hydrogen-bond acceptors (Lipinski definition) is 8. The number of nitro groups is 1. The highest BCUT2D eigenvalue weighted by atomic mass is 32.2. The van der Waals surface area contributed by atoms with E-state index in [9.17, 15) is 19.7 Å². The van der Waals surface area contributed by atoms with Crippen LogP contribution in [0, 0.1) is 10.1 Å². The maximum Gasteiger partial charge on any atom is 0.269 e. The molecule has 3 aromatic carbocycles. The Hall–Kier alpha value is -4.71. The monoisotopic (exact) mass is 628 g/mol. The number of nitro benzene ring substituents is 1. The van der Waals surface area contributed by atoms with E-state index in [1.165, 1.54) is 24.3 Å². The van der Waals surface area contributed by atoms with Crippen molar-refractivity contribution in [2.45, 2.75) is 43.8 Å². The summed E-state index contributed by atoms with van der Waals surface area (Å²) in [6.45, 7) is 3.27. The van der Waals surface area contributed by atoms with Crippen molar-refractivity contribution in [3.63, 3.8) is 0 Å². The molecule has 234 valence electrons. The van der Waals surface area contributed by atoms with Crippen LogP contribution in [0.1, 0.15) is 47.9 Å². The number of ether oxygens (including phenoxy) is 1. The lowest BCUT2D eigenvalue weighted by atomic mass is 10.1. The zero-order valence-corrected chi connectivity index (χ0v) is 26.2. The van der Waals surface area contributed by atoms with Gasteiger partial charge in [-0.05, 0) is 61.7 Å². The first-order valence-corrected chi connectivity index (χ1v) is 15.9. The second kappa shape index (κ2) is 14.8. The van der Waals surface area contributed by atoms with Crippen LogP contribution in [0.25, 0.3) is 5.69 Å². The summed E-state index contributed by atoms with van der Waals surface area (Å²) in [5, 5.41) is 20.8. The fourth-order valence-electron chi connectivity index (χ4n) is 5.35. The van der Waals surface area contributed by atoms with Crippen molar-refractivity contribution >= 4 is 29.3 Å².